The molecule has 0 fully saturated rings. The van der Waals surface area contributed by atoms with Crippen molar-refractivity contribution in [1.29, 1.82) is 0 Å². The van der Waals surface area contributed by atoms with Crippen molar-refractivity contribution in [2.24, 2.45) is 0 Å². The van der Waals surface area contributed by atoms with Crippen molar-refractivity contribution in [2.45, 2.75) is 51.7 Å². The lowest BCUT2D eigenvalue weighted by molar-refractivity contribution is -0.141. The molecule has 0 aromatic heterocycles. The summed E-state index contributed by atoms with van der Waals surface area (Å²) < 4.78 is 0.912. The largest absolute Gasteiger partial charge is 0.352 e. The molecule has 0 radical (unpaired) electrons. The summed E-state index contributed by atoms with van der Waals surface area (Å²) in [7, 11) is 0. The molecule has 0 aliphatic carbocycles. The van der Waals surface area contributed by atoms with Gasteiger partial charge in [-0.3, -0.25) is 14.4 Å². The molecule has 4 aromatic carbocycles. The van der Waals surface area contributed by atoms with E-state index in [0.29, 0.717) is 31.5 Å². The lowest BCUT2D eigenvalue weighted by atomic mass is 10.0. The second kappa shape index (κ2) is 12.7. The van der Waals surface area contributed by atoms with Crippen LogP contribution in [0, 0.1) is 0 Å². The molecule has 1 aliphatic heterocycles. The number of amides is 3. The Morgan fingerprint density at radius 3 is 2.34 bits per heavy atom. The van der Waals surface area contributed by atoms with Gasteiger partial charge in [-0.05, 0) is 61.0 Å². The van der Waals surface area contributed by atoms with Gasteiger partial charge in [-0.25, -0.2) is 0 Å². The molecule has 7 heteroatoms. The van der Waals surface area contributed by atoms with Gasteiger partial charge in [0.05, 0.1) is 5.69 Å². The quantitative estimate of drug-likeness (QED) is 0.210. The first-order chi connectivity index (χ1) is 19.8. The van der Waals surface area contributed by atoms with Crippen molar-refractivity contribution >= 4 is 50.1 Å². The van der Waals surface area contributed by atoms with E-state index in [4.69, 9.17) is 0 Å². The maximum atomic E-state index is 13.9. The molecule has 1 atom stereocenters. The van der Waals surface area contributed by atoms with Crippen LogP contribution in [0.3, 0.4) is 0 Å². The average molecular weight is 613 g/mol. The normalized spacial score (nSPS) is 13.1. The lowest BCUT2D eigenvalue weighted by Gasteiger charge is -2.32. The number of carbonyl (C=O) groups excluding carboxylic acids is 3. The third-order valence-corrected chi connectivity index (χ3v) is 7.86. The van der Waals surface area contributed by atoms with Gasteiger partial charge >= 0.3 is 0 Å². The van der Waals surface area contributed by atoms with Gasteiger partial charge in [-0.2, -0.15) is 0 Å². The maximum Gasteiger partial charge on any atom is 0.258 e. The topological polar surface area (TPSA) is 69.7 Å². The van der Waals surface area contributed by atoms with E-state index in [1.807, 2.05) is 105 Å². The fourth-order valence-corrected chi connectivity index (χ4v) is 5.95. The van der Waals surface area contributed by atoms with Crippen LogP contribution in [0.2, 0.25) is 0 Å². The van der Waals surface area contributed by atoms with E-state index < -0.39 is 6.04 Å². The van der Waals surface area contributed by atoms with Gasteiger partial charge in [0.1, 0.15) is 6.04 Å². The summed E-state index contributed by atoms with van der Waals surface area (Å²) in [5.41, 5.74) is 3.51. The van der Waals surface area contributed by atoms with Crippen LogP contribution in [0.1, 0.15) is 48.2 Å². The van der Waals surface area contributed by atoms with Gasteiger partial charge in [0, 0.05) is 47.4 Å². The fourth-order valence-electron chi connectivity index (χ4n) is 5.50. The standard InChI is InChI=1S/C34H34BrN3O3/c1-23(2)36-33(40)30(21-24-10-4-3-5-11-24)38(22-25-12-6-15-27(35)20-25)31(39)18-9-19-37-29-17-8-14-26-13-7-16-28(32(26)29)34(37)41/h3-8,10-17,20,23,30H,9,18-19,21-22H2,1-2H3,(H,36,40)/t30-/m0/s1. The predicted octanol–water partition coefficient (Wildman–Crippen LogP) is 6.51. The second-order valence-corrected chi connectivity index (χ2v) is 11.7. The van der Waals surface area contributed by atoms with E-state index in [0.717, 1.165) is 32.1 Å². The van der Waals surface area contributed by atoms with Crippen molar-refractivity contribution in [2.75, 3.05) is 11.4 Å². The SMILES string of the molecule is CC(C)NC(=O)[C@H](Cc1ccccc1)N(Cc1cccc(Br)c1)C(=O)CCCN1C(=O)c2cccc3cccc1c23. The van der Waals surface area contributed by atoms with Gasteiger partial charge in [0.2, 0.25) is 11.8 Å². The summed E-state index contributed by atoms with van der Waals surface area (Å²) in [6.07, 6.45) is 1.10. The number of hydrogen-bond donors (Lipinski definition) is 1. The summed E-state index contributed by atoms with van der Waals surface area (Å²) in [6.45, 7) is 4.56. The average Bonchev–Trinajstić information content (AvgIpc) is 3.23. The molecule has 0 spiro atoms. The molecule has 5 rings (SSSR count). The van der Waals surface area contributed by atoms with Crippen molar-refractivity contribution < 1.29 is 14.4 Å². The molecule has 210 valence electrons. The molecule has 0 bridgehead atoms. The van der Waals surface area contributed by atoms with E-state index in [1.165, 1.54) is 0 Å². The number of halogens is 1. The third-order valence-electron chi connectivity index (χ3n) is 7.37. The van der Waals surface area contributed by atoms with Crippen LogP contribution in [-0.4, -0.2) is 41.2 Å². The van der Waals surface area contributed by atoms with E-state index in [9.17, 15) is 14.4 Å². The molecule has 0 unspecified atom stereocenters. The van der Waals surface area contributed by atoms with Gasteiger partial charge < -0.3 is 15.1 Å². The highest BCUT2D eigenvalue weighted by Crippen LogP contribution is 2.37. The zero-order valence-electron chi connectivity index (χ0n) is 23.3. The van der Waals surface area contributed by atoms with Gasteiger partial charge in [-0.15, -0.1) is 0 Å². The molecule has 0 saturated carbocycles. The summed E-state index contributed by atoms with van der Waals surface area (Å²) in [5.74, 6) is -0.329. The van der Waals surface area contributed by atoms with Crippen LogP contribution >= 0.6 is 15.9 Å². The summed E-state index contributed by atoms with van der Waals surface area (Å²) in [4.78, 5) is 44.2. The van der Waals surface area contributed by atoms with Gasteiger partial charge in [0.25, 0.3) is 5.91 Å². The first-order valence-electron chi connectivity index (χ1n) is 14.0. The molecular weight excluding hydrogens is 578 g/mol. The Kier molecular flexibility index (Phi) is 8.84. The first-order valence-corrected chi connectivity index (χ1v) is 14.8. The summed E-state index contributed by atoms with van der Waals surface area (Å²) >= 11 is 3.53. The number of hydrogen-bond acceptors (Lipinski definition) is 3. The minimum atomic E-state index is -0.683. The highest BCUT2D eigenvalue weighted by Gasteiger charge is 2.32. The Labute approximate surface area is 249 Å². The van der Waals surface area contributed by atoms with E-state index in [-0.39, 0.29) is 30.2 Å². The summed E-state index contributed by atoms with van der Waals surface area (Å²) in [6, 6.07) is 28.6. The van der Waals surface area contributed by atoms with Crippen LogP contribution in [0.15, 0.2) is 95.5 Å². The smallest absolute Gasteiger partial charge is 0.258 e. The van der Waals surface area contributed by atoms with Crippen molar-refractivity contribution in [3.8, 4) is 0 Å². The van der Waals surface area contributed by atoms with Gasteiger partial charge in [-0.1, -0.05) is 82.7 Å². The Bertz CT molecular complexity index is 1570. The number of nitrogens with zero attached hydrogens (tertiary/aromatic N) is 2. The Hall–Kier alpha value is -3.97. The zero-order chi connectivity index (χ0) is 28.9. The molecule has 0 saturated heterocycles. The van der Waals surface area contributed by atoms with E-state index in [2.05, 4.69) is 21.2 Å². The van der Waals surface area contributed by atoms with E-state index >= 15 is 0 Å². The minimum Gasteiger partial charge on any atom is -0.352 e. The van der Waals surface area contributed by atoms with Gasteiger partial charge in [0.15, 0.2) is 0 Å². The second-order valence-electron chi connectivity index (χ2n) is 10.8. The Balaban J connectivity index is 1.37. The number of carbonyl (C=O) groups is 3. The molecule has 6 nitrogen and oxygen atoms in total. The Morgan fingerprint density at radius 1 is 0.902 bits per heavy atom. The number of anilines is 1. The molecule has 4 aromatic rings. The van der Waals surface area contributed by atoms with Crippen molar-refractivity contribution in [3.05, 3.63) is 112 Å². The first kappa shape index (κ1) is 28.6. The van der Waals surface area contributed by atoms with Crippen LogP contribution < -0.4 is 10.2 Å². The fraction of sp³-hybridized carbons (Fsp3) is 0.265. The van der Waals surface area contributed by atoms with Crippen LogP contribution in [0.5, 0.6) is 0 Å². The number of rotatable bonds is 11. The molecular formula is C34H34BrN3O3. The van der Waals surface area contributed by atoms with Crippen molar-refractivity contribution in [3.63, 3.8) is 0 Å². The molecule has 3 amide bonds. The lowest BCUT2D eigenvalue weighted by Crippen LogP contribution is -2.51. The maximum absolute atomic E-state index is 13.9. The molecule has 1 aliphatic rings. The van der Waals surface area contributed by atoms with E-state index in [1.54, 1.807) is 9.80 Å². The highest BCUT2D eigenvalue weighted by molar-refractivity contribution is 9.10. The highest BCUT2D eigenvalue weighted by atomic mass is 79.9. The Morgan fingerprint density at radius 2 is 1.61 bits per heavy atom. The number of benzene rings is 4. The van der Waals surface area contributed by atoms with Crippen LogP contribution in [-0.2, 0) is 22.6 Å². The molecule has 41 heavy (non-hydrogen) atoms. The summed E-state index contributed by atoms with van der Waals surface area (Å²) in [5, 5.41) is 5.03. The third kappa shape index (κ3) is 6.51. The molecule has 1 N–H and O–H groups in total. The van der Waals surface area contributed by atoms with Crippen molar-refractivity contribution in [1.82, 2.24) is 10.2 Å². The monoisotopic (exact) mass is 611 g/mol. The zero-order valence-corrected chi connectivity index (χ0v) is 24.9. The predicted molar refractivity (Wildman–Crippen MR) is 167 cm³/mol. The minimum absolute atomic E-state index is 0.0338. The number of nitrogens with one attached hydrogen (secondary N) is 1. The van der Waals surface area contributed by atoms with Crippen LogP contribution in [0.25, 0.3) is 10.8 Å². The van der Waals surface area contributed by atoms with Crippen LogP contribution in [0.4, 0.5) is 5.69 Å². The molecule has 1 heterocycles.